The molecule has 1 aromatic carbocycles. The monoisotopic (exact) mass is 568 g/mol. The Labute approximate surface area is 238 Å². The zero-order valence-electron chi connectivity index (χ0n) is 25.1. The number of pyridine rings is 1. The fourth-order valence-corrected chi connectivity index (χ4v) is 6.95. The van der Waals surface area contributed by atoms with Gasteiger partial charge in [0.05, 0.1) is 12.6 Å². The van der Waals surface area contributed by atoms with Crippen molar-refractivity contribution in [1.82, 2.24) is 15.6 Å². The van der Waals surface area contributed by atoms with E-state index in [4.69, 9.17) is 8.53 Å². The summed E-state index contributed by atoms with van der Waals surface area (Å²) in [5.41, 5.74) is 0.507. The van der Waals surface area contributed by atoms with E-state index in [0.29, 0.717) is 11.0 Å². The molecule has 2 aliphatic rings. The van der Waals surface area contributed by atoms with Crippen LogP contribution in [0.3, 0.4) is 0 Å². The molecule has 1 unspecified atom stereocenters. The first-order valence-electron chi connectivity index (χ1n) is 15.2. The number of para-hydroxylation sites is 1. The maximum absolute atomic E-state index is 13.7. The molecule has 10 heteroatoms. The molecule has 3 aromatic rings. The molecule has 2 aliphatic carbocycles. The zero-order valence-corrected chi connectivity index (χ0v) is 22.9. The second kappa shape index (κ2) is 12.3. The second-order valence-corrected chi connectivity index (χ2v) is 12.5. The van der Waals surface area contributed by atoms with Crippen LogP contribution in [0.5, 0.6) is 0 Å². The van der Waals surface area contributed by atoms with Crippen LogP contribution < -0.4 is 10.6 Å². The summed E-state index contributed by atoms with van der Waals surface area (Å²) < 4.78 is 58.4. The quantitative estimate of drug-likeness (QED) is 0.385. The van der Waals surface area contributed by atoms with Crippen LogP contribution in [0.4, 0.5) is 0 Å². The highest BCUT2D eigenvalue weighted by Crippen LogP contribution is 2.29. The number of fused-ring (bicyclic) bond motifs is 1. The predicted octanol–water partition coefficient (Wildman–Crippen LogP) is 4.37. The van der Waals surface area contributed by atoms with Gasteiger partial charge in [0.2, 0.25) is 5.91 Å². The van der Waals surface area contributed by atoms with Gasteiger partial charge in [-0.15, -0.1) is 0 Å². The number of ketones is 1. The largest absolute Gasteiger partial charge is 0.451 e. The Hall–Kier alpha value is -3.53. The molecule has 2 aromatic heterocycles. The molecular weight excluding hydrogens is 530 g/mol. The molecule has 2 heterocycles. The fourth-order valence-electron chi connectivity index (χ4n) is 5.44. The number of Topliss-reactive ketones (excluding diaryl/α,β-unsaturated/α-hetero) is 1. The third-order valence-corrected chi connectivity index (χ3v) is 9.53. The van der Waals surface area contributed by atoms with Crippen molar-refractivity contribution < 1.29 is 31.3 Å². The zero-order chi connectivity index (χ0) is 30.8. The number of rotatable bonds is 8. The SMILES string of the molecule is [2H]C1([2H])C(=O)[C@@]([2H])(NC(=O)[C@H](CC2CCCCC2)NC(=O)c2cc3ccccc3o2)CCCC1S(=O)(=O)c1ccccn1. The molecule has 212 valence electrons. The van der Waals surface area contributed by atoms with Gasteiger partial charge in [0.25, 0.3) is 5.91 Å². The molecule has 2 N–H and O–H groups in total. The average Bonchev–Trinajstić information content (AvgIpc) is 3.41. The first kappa shape index (κ1) is 24.3. The Morgan fingerprint density at radius 2 is 1.82 bits per heavy atom. The number of benzene rings is 1. The number of amides is 2. The van der Waals surface area contributed by atoms with Gasteiger partial charge in [-0.2, -0.15) is 0 Å². The summed E-state index contributed by atoms with van der Waals surface area (Å²) in [5, 5.41) is 3.70. The Morgan fingerprint density at radius 3 is 2.58 bits per heavy atom. The van der Waals surface area contributed by atoms with Crippen LogP contribution in [0.1, 0.15) is 78.8 Å². The summed E-state index contributed by atoms with van der Waals surface area (Å²) in [7, 11) is -4.37. The van der Waals surface area contributed by atoms with Gasteiger partial charge in [-0.3, -0.25) is 14.4 Å². The Morgan fingerprint density at radius 1 is 1.05 bits per heavy atom. The van der Waals surface area contributed by atoms with Crippen LogP contribution >= 0.6 is 0 Å². The van der Waals surface area contributed by atoms with E-state index in [1.165, 1.54) is 24.4 Å². The Kier molecular flexibility index (Phi) is 7.48. The minimum absolute atomic E-state index is 0.00711. The van der Waals surface area contributed by atoms with Crippen LogP contribution in [0.2, 0.25) is 0 Å². The summed E-state index contributed by atoms with van der Waals surface area (Å²) >= 11 is 0. The van der Waals surface area contributed by atoms with E-state index < -0.39 is 51.1 Å². The smallest absolute Gasteiger partial charge is 0.287 e. The van der Waals surface area contributed by atoms with E-state index in [1.807, 2.05) is 0 Å². The first-order chi connectivity index (χ1) is 20.4. The van der Waals surface area contributed by atoms with E-state index in [9.17, 15) is 22.8 Å². The van der Waals surface area contributed by atoms with Crippen LogP contribution in [0.25, 0.3) is 11.0 Å². The predicted molar refractivity (Wildman–Crippen MR) is 149 cm³/mol. The molecule has 0 bridgehead atoms. The van der Waals surface area contributed by atoms with Crippen molar-refractivity contribution in [3.63, 3.8) is 0 Å². The second-order valence-electron chi connectivity index (χ2n) is 10.4. The number of hydrogen-bond donors (Lipinski definition) is 2. The first-order valence-corrected chi connectivity index (χ1v) is 15.3. The summed E-state index contributed by atoms with van der Waals surface area (Å²) in [5.74, 6) is -2.65. The maximum atomic E-state index is 13.7. The van der Waals surface area contributed by atoms with Crippen molar-refractivity contribution in [2.75, 3.05) is 0 Å². The van der Waals surface area contributed by atoms with Crippen molar-refractivity contribution in [2.24, 2.45) is 5.92 Å². The van der Waals surface area contributed by atoms with Crippen LogP contribution in [-0.2, 0) is 19.4 Å². The van der Waals surface area contributed by atoms with Gasteiger partial charge in [-0.05, 0) is 55.9 Å². The van der Waals surface area contributed by atoms with E-state index in [0.717, 1.165) is 32.1 Å². The molecule has 2 fully saturated rings. The van der Waals surface area contributed by atoms with Gasteiger partial charge in [0.1, 0.15) is 11.6 Å². The maximum Gasteiger partial charge on any atom is 0.287 e. The van der Waals surface area contributed by atoms with Crippen molar-refractivity contribution in [2.45, 2.75) is 86.5 Å². The summed E-state index contributed by atoms with van der Waals surface area (Å²) in [4.78, 5) is 44.4. The lowest BCUT2D eigenvalue weighted by Crippen LogP contribution is -2.52. The molecule has 3 atom stereocenters. The molecule has 0 spiro atoms. The van der Waals surface area contributed by atoms with Crippen LogP contribution in [0.15, 0.2) is 64.2 Å². The number of furan rings is 1. The lowest BCUT2D eigenvalue weighted by molar-refractivity contribution is -0.129. The van der Waals surface area contributed by atoms with Gasteiger partial charge >= 0.3 is 0 Å². The van der Waals surface area contributed by atoms with Crippen molar-refractivity contribution in [3.8, 4) is 0 Å². The molecule has 0 saturated heterocycles. The van der Waals surface area contributed by atoms with Crippen molar-refractivity contribution >= 4 is 38.4 Å². The Bertz CT molecular complexity index is 1570. The highest BCUT2D eigenvalue weighted by atomic mass is 32.2. The molecule has 0 aliphatic heterocycles. The van der Waals surface area contributed by atoms with E-state index in [1.54, 1.807) is 30.3 Å². The lowest BCUT2D eigenvalue weighted by Gasteiger charge is -2.27. The third kappa shape index (κ3) is 6.43. The minimum atomic E-state index is -4.37. The minimum Gasteiger partial charge on any atom is -0.451 e. The molecule has 0 radical (unpaired) electrons. The van der Waals surface area contributed by atoms with Crippen LogP contribution in [0, 0.1) is 5.92 Å². The number of carbonyl (C=O) groups is 3. The van der Waals surface area contributed by atoms with Gasteiger partial charge in [0, 0.05) is 20.7 Å². The van der Waals surface area contributed by atoms with E-state index in [-0.39, 0.29) is 42.4 Å². The average molecular weight is 569 g/mol. The van der Waals surface area contributed by atoms with Crippen molar-refractivity contribution in [1.29, 1.82) is 0 Å². The summed E-state index contributed by atoms with van der Waals surface area (Å²) in [6, 6.07) is 9.30. The summed E-state index contributed by atoms with van der Waals surface area (Å²) in [6.07, 6.45) is 2.81. The van der Waals surface area contributed by atoms with Gasteiger partial charge in [0.15, 0.2) is 26.4 Å². The molecule has 5 rings (SSSR count). The topological polar surface area (TPSA) is 135 Å². The number of aromatic nitrogens is 1. The van der Waals surface area contributed by atoms with Gasteiger partial charge < -0.3 is 15.1 Å². The lowest BCUT2D eigenvalue weighted by atomic mass is 9.84. The molecule has 2 saturated carbocycles. The van der Waals surface area contributed by atoms with Crippen LogP contribution in [-0.4, -0.2) is 48.3 Å². The number of carbonyl (C=O) groups excluding carboxylic acids is 3. The highest BCUT2D eigenvalue weighted by molar-refractivity contribution is 7.92. The highest BCUT2D eigenvalue weighted by Gasteiger charge is 2.37. The fraction of sp³-hybridized carbons (Fsp3) is 0.467. The number of nitrogens with zero attached hydrogens (tertiary/aromatic N) is 1. The normalized spacial score (nSPS) is 25.6. The molecule has 40 heavy (non-hydrogen) atoms. The molecular formula is C30H35N3O6S. The standard InChI is InChI=1S/C30H35N3O6S/c34-25-19-22(40(37,38)28-15-6-7-16-31-28)12-8-13-23(25)32-29(35)24(17-20-9-2-1-3-10-20)33-30(36)27-18-21-11-4-5-14-26(21)39-27/h4-7,11,14-16,18,20,22-24H,1-3,8-10,12-13,17,19H2,(H,32,35)(H,33,36)/t22?,23-,24-/m0/s1/i19D2,23D. The number of nitrogens with one attached hydrogen (secondary N) is 2. The van der Waals surface area contributed by atoms with E-state index in [2.05, 4.69) is 15.6 Å². The van der Waals surface area contributed by atoms with E-state index >= 15 is 0 Å². The number of hydrogen-bond acceptors (Lipinski definition) is 7. The van der Waals surface area contributed by atoms with Gasteiger partial charge in [-0.25, -0.2) is 13.4 Å². The molecule has 2 amide bonds. The number of sulfone groups is 1. The summed E-state index contributed by atoms with van der Waals surface area (Å²) in [6.45, 7) is 0. The van der Waals surface area contributed by atoms with Gasteiger partial charge in [-0.1, -0.05) is 56.4 Å². The Balaban J connectivity index is 1.38. The third-order valence-electron chi connectivity index (χ3n) is 7.60. The van der Waals surface area contributed by atoms with Crippen molar-refractivity contribution in [3.05, 3.63) is 60.5 Å². The molecule has 9 nitrogen and oxygen atoms in total.